The van der Waals surface area contributed by atoms with Crippen LogP contribution in [0.4, 0.5) is 0 Å². The molecule has 6 aromatic carbocycles. The summed E-state index contributed by atoms with van der Waals surface area (Å²) in [5.74, 6) is 0.326. The molecule has 0 radical (unpaired) electrons. The first-order valence-electron chi connectivity index (χ1n) is 17.6. The minimum atomic E-state index is 0.0605. The van der Waals surface area contributed by atoms with Gasteiger partial charge in [-0.25, -0.2) is 0 Å². The van der Waals surface area contributed by atoms with Gasteiger partial charge in [0.2, 0.25) is 0 Å². The van der Waals surface area contributed by atoms with Crippen molar-refractivity contribution < 1.29 is 0 Å². The fourth-order valence-electron chi connectivity index (χ4n) is 8.19. The van der Waals surface area contributed by atoms with Crippen molar-refractivity contribution in [3.63, 3.8) is 0 Å². The van der Waals surface area contributed by atoms with E-state index in [-0.39, 0.29) is 12.2 Å². The fraction of sp³-hybridized carbons (Fsp3) is 0.0870. The van der Waals surface area contributed by atoms with E-state index in [0.29, 0.717) is 5.92 Å². The molecule has 3 atom stereocenters. The number of fused-ring (bicyclic) bond motifs is 6. The van der Waals surface area contributed by atoms with Crippen molar-refractivity contribution in [3.05, 3.63) is 187 Å². The van der Waals surface area contributed by atoms with E-state index in [1.54, 1.807) is 0 Å². The van der Waals surface area contributed by atoms with Crippen LogP contribution in [0.1, 0.15) is 23.6 Å². The van der Waals surface area contributed by atoms with Crippen LogP contribution >= 0.6 is 0 Å². The average Bonchev–Trinajstić information content (AvgIpc) is 3.71. The third-order valence-electron chi connectivity index (χ3n) is 10.5. The van der Waals surface area contributed by atoms with E-state index in [9.17, 15) is 0 Å². The summed E-state index contributed by atoms with van der Waals surface area (Å²) in [6.45, 7) is 0. The third kappa shape index (κ3) is 4.72. The minimum Gasteiger partial charge on any atom is -0.369 e. The molecule has 1 aliphatic heterocycles. The predicted octanol–water partition coefficient (Wildman–Crippen LogP) is 10.6. The maximum absolute atomic E-state index is 3.98. The number of rotatable bonds is 5. The first-order chi connectivity index (χ1) is 24.8. The Morgan fingerprint density at radius 1 is 0.520 bits per heavy atom. The SMILES string of the molecule is C1=CCC(C2NC(c3cc(-n4c5ccccc5c5ccccc54)cc(-n4c5ccccc5c5ccccc54)c3)=CC(c3ccccc3)N2)C=C1. The lowest BCUT2D eigenvalue weighted by atomic mass is 9.92. The van der Waals surface area contributed by atoms with E-state index in [2.05, 4.69) is 196 Å². The van der Waals surface area contributed by atoms with Gasteiger partial charge in [-0.2, -0.15) is 0 Å². The van der Waals surface area contributed by atoms with Crippen LogP contribution in [0.25, 0.3) is 60.7 Å². The van der Waals surface area contributed by atoms with Gasteiger partial charge in [-0.15, -0.1) is 0 Å². The van der Waals surface area contributed by atoms with Crippen molar-refractivity contribution in [2.24, 2.45) is 5.92 Å². The second kappa shape index (κ2) is 11.8. The molecule has 1 aliphatic carbocycles. The molecule has 4 heteroatoms. The van der Waals surface area contributed by atoms with Gasteiger partial charge < -0.3 is 14.5 Å². The molecule has 10 rings (SSSR count). The van der Waals surface area contributed by atoms with Gasteiger partial charge in [-0.05, 0) is 60.5 Å². The van der Waals surface area contributed by atoms with Crippen molar-refractivity contribution in [3.8, 4) is 11.4 Å². The Hall–Kier alpha value is -6.10. The Morgan fingerprint density at radius 2 is 1.02 bits per heavy atom. The standard InChI is InChI=1S/C46H36N4/c1-3-15-31(16-4-1)40-30-41(48-46(47-40)32-17-5-2-6-18-32)33-27-34(49-42-23-11-7-19-36(42)37-20-8-12-24-43(37)49)29-35(28-33)50-44-25-13-9-21-38(44)39-22-10-14-26-45(39)50/h1-17,19-30,32,40,46-48H,18H2. The summed E-state index contributed by atoms with van der Waals surface area (Å²) in [6.07, 6.45) is 12.4. The van der Waals surface area contributed by atoms with Crippen molar-refractivity contribution in [2.45, 2.75) is 18.6 Å². The third-order valence-corrected chi connectivity index (χ3v) is 10.5. The molecule has 50 heavy (non-hydrogen) atoms. The maximum Gasteiger partial charge on any atom is 0.0842 e. The molecular formula is C46H36N4. The highest BCUT2D eigenvalue weighted by Gasteiger charge is 2.28. The first-order valence-corrected chi connectivity index (χ1v) is 17.6. The van der Waals surface area contributed by atoms with Gasteiger partial charge in [0, 0.05) is 50.1 Å². The van der Waals surface area contributed by atoms with E-state index in [0.717, 1.165) is 29.1 Å². The molecule has 0 saturated carbocycles. The van der Waals surface area contributed by atoms with Crippen LogP contribution in [0.5, 0.6) is 0 Å². The quantitative estimate of drug-likeness (QED) is 0.196. The van der Waals surface area contributed by atoms with Gasteiger partial charge in [0.05, 0.1) is 34.3 Å². The zero-order valence-corrected chi connectivity index (χ0v) is 27.6. The summed E-state index contributed by atoms with van der Waals surface area (Å²) in [6, 6.07) is 53.1. The largest absolute Gasteiger partial charge is 0.369 e. The number of nitrogens with one attached hydrogen (secondary N) is 2. The summed E-state index contributed by atoms with van der Waals surface area (Å²) in [7, 11) is 0. The molecule has 0 saturated heterocycles. The zero-order valence-electron chi connectivity index (χ0n) is 27.6. The lowest BCUT2D eigenvalue weighted by Gasteiger charge is -2.37. The first kappa shape index (κ1) is 28.9. The smallest absolute Gasteiger partial charge is 0.0842 e. The topological polar surface area (TPSA) is 33.9 Å². The Kier molecular flexibility index (Phi) is 6.81. The van der Waals surface area contributed by atoms with Crippen molar-refractivity contribution in [2.75, 3.05) is 0 Å². The van der Waals surface area contributed by atoms with Gasteiger partial charge in [0.15, 0.2) is 0 Å². The Bertz CT molecular complexity index is 2410. The predicted molar refractivity (Wildman–Crippen MR) is 209 cm³/mol. The molecule has 2 aliphatic rings. The molecule has 0 bridgehead atoms. The zero-order chi connectivity index (χ0) is 33.0. The number of aromatic nitrogens is 2. The number of benzene rings is 6. The minimum absolute atomic E-state index is 0.0605. The van der Waals surface area contributed by atoms with Crippen LogP contribution < -0.4 is 10.6 Å². The van der Waals surface area contributed by atoms with Crippen molar-refractivity contribution in [1.29, 1.82) is 0 Å². The Balaban J connectivity index is 1.25. The molecule has 2 N–H and O–H groups in total. The molecule has 3 unspecified atom stereocenters. The van der Waals surface area contributed by atoms with Gasteiger partial charge in [0.25, 0.3) is 0 Å². The average molecular weight is 645 g/mol. The van der Waals surface area contributed by atoms with E-state index in [1.165, 1.54) is 49.2 Å². The van der Waals surface area contributed by atoms with Crippen LogP contribution in [-0.2, 0) is 0 Å². The van der Waals surface area contributed by atoms with Crippen molar-refractivity contribution in [1.82, 2.24) is 19.8 Å². The number of nitrogens with zero attached hydrogens (tertiary/aromatic N) is 2. The summed E-state index contributed by atoms with van der Waals surface area (Å²) in [4.78, 5) is 0. The highest BCUT2D eigenvalue weighted by Crippen LogP contribution is 2.38. The monoisotopic (exact) mass is 644 g/mol. The van der Waals surface area contributed by atoms with Crippen LogP contribution in [0.15, 0.2) is 176 Å². The van der Waals surface area contributed by atoms with Gasteiger partial charge in [0.1, 0.15) is 0 Å². The number of hydrogen-bond acceptors (Lipinski definition) is 2. The molecule has 0 fully saturated rings. The summed E-state index contributed by atoms with van der Waals surface area (Å²) >= 11 is 0. The number of allylic oxidation sites excluding steroid dienone is 3. The molecular weight excluding hydrogens is 609 g/mol. The molecule has 0 spiro atoms. The van der Waals surface area contributed by atoms with E-state index >= 15 is 0 Å². The van der Waals surface area contributed by atoms with E-state index < -0.39 is 0 Å². The molecule has 8 aromatic rings. The lowest BCUT2D eigenvalue weighted by molar-refractivity contribution is 0.346. The highest BCUT2D eigenvalue weighted by molar-refractivity contribution is 6.10. The second-order valence-corrected chi connectivity index (χ2v) is 13.4. The van der Waals surface area contributed by atoms with Crippen molar-refractivity contribution >= 4 is 49.3 Å². The summed E-state index contributed by atoms with van der Waals surface area (Å²) in [5.41, 5.74) is 10.6. The normalized spacial score (nSPS) is 19.0. The number of hydrogen-bond donors (Lipinski definition) is 2. The van der Waals surface area contributed by atoms with Crippen LogP contribution in [0.3, 0.4) is 0 Å². The van der Waals surface area contributed by atoms with Gasteiger partial charge in [-0.3, -0.25) is 5.32 Å². The number of para-hydroxylation sites is 4. The molecule has 4 nitrogen and oxygen atoms in total. The van der Waals surface area contributed by atoms with E-state index in [4.69, 9.17) is 0 Å². The molecule has 2 aromatic heterocycles. The summed E-state index contributed by atoms with van der Waals surface area (Å²) in [5, 5.41) is 12.9. The van der Waals surface area contributed by atoms with E-state index in [1.807, 2.05) is 0 Å². The van der Waals surface area contributed by atoms with Crippen LogP contribution in [-0.4, -0.2) is 15.3 Å². The molecule has 3 heterocycles. The molecule has 0 amide bonds. The summed E-state index contributed by atoms with van der Waals surface area (Å²) < 4.78 is 4.88. The molecule has 240 valence electrons. The Morgan fingerprint density at radius 3 is 1.52 bits per heavy atom. The second-order valence-electron chi connectivity index (χ2n) is 13.4. The van der Waals surface area contributed by atoms with Crippen LogP contribution in [0, 0.1) is 5.92 Å². The fourth-order valence-corrected chi connectivity index (χ4v) is 8.19. The maximum atomic E-state index is 3.98. The Labute approximate surface area is 291 Å². The van der Waals surface area contributed by atoms with Crippen LogP contribution in [0.2, 0.25) is 0 Å². The lowest BCUT2D eigenvalue weighted by Crippen LogP contribution is -2.50. The van der Waals surface area contributed by atoms with Gasteiger partial charge >= 0.3 is 0 Å². The highest BCUT2D eigenvalue weighted by atomic mass is 15.2. The van der Waals surface area contributed by atoms with Gasteiger partial charge in [-0.1, -0.05) is 127 Å².